The van der Waals surface area contributed by atoms with E-state index in [9.17, 15) is 4.79 Å². The number of benzene rings is 2. The number of nitrogens with one attached hydrogen (secondary N) is 1. The van der Waals surface area contributed by atoms with E-state index in [2.05, 4.69) is 21.7 Å². The molecule has 0 atom stereocenters. The van der Waals surface area contributed by atoms with E-state index < -0.39 is 0 Å². The van der Waals surface area contributed by atoms with Crippen LogP contribution in [0, 0.1) is 0 Å². The summed E-state index contributed by atoms with van der Waals surface area (Å²) in [4.78, 5) is 12.1. The van der Waals surface area contributed by atoms with Crippen molar-refractivity contribution in [3.8, 4) is 0 Å². The first-order valence-corrected chi connectivity index (χ1v) is 7.57. The minimum Gasteiger partial charge on any atom is -0.398 e. The van der Waals surface area contributed by atoms with E-state index in [1.54, 1.807) is 30.5 Å². The van der Waals surface area contributed by atoms with Gasteiger partial charge in [-0.25, -0.2) is 5.43 Å². The molecule has 5 heteroatoms. The van der Waals surface area contributed by atoms with Gasteiger partial charge >= 0.3 is 0 Å². The molecule has 2 aromatic carbocycles. The first-order chi connectivity index (χ1) is 11.7. The minimum atomic E-state index is -0.334. The van der Waals surface area contributed by atoms with Gasteiger partial charge in [0, 0.05) is 34.9 Å². The van der Waals surface area contributed by atoms with Crippen molar-refractivity contribution in [3.05, 3.63) is 78.5 Å². The van der Waals surface area contributed by atoms with Gasteiger partial charge in [0.1, 0.15) is 0 Å². The molecule has 0 aliphatic rings. The van der Waals surface area contributed by atoms with Crippen LogP contribution in [-0.4, -0.2) is 16.7 Å². The second kappa shape index (κ2) is 6.83. The monoisotopic (exact) mass is 318 g/mol. The van der Waals surface area contributed by atoms with Crippen LogP contribution in [0.15, 0.2) is 72.5 Å². The number of rotatable bonds is 5. The highest BCUT2D eigenvalue weighted by atomic mass is 16.2. The maximum absolute atomic E-state index is 12.1. The first-order valence-electron chi connectivity index (χ1n) is 7.57. The van der Waals surface area contributed by atoms with Gasteiger partial charge in [0.25, 0.3) is 5.91 Å². The quantitative estimate of drug-likeness (QED) is 0.328. The summed E-state index contributed by atoms with van der Waals surface area (Å²) in [6, 6.07) is 14.9. The first kappa shape index (κ1) is 15.6. The van der Waals surface area contributed by atoms with Crippen LogP contribution in [0.3, 0.4) is 0 Å². The maximum Gasteiger partial charge on any atom is 0.273 e. The van der Waals surface area contributed by atoms with E-state index in [4.69, 9.17) is 5.73 Å². The third-order valence-corrected chi connectivity index (χ3v) is 3.72. The zero-order valence-corrected chi connectivity index (χ0v) is 13.1. The highest BCUT2D eigenvalue weighted by Crippen LogP contribution is 2.20. The molecule has 24 heavy (non-hydrogen) atoms. The molecule has 0 radical (unpaired) electrons. The predicted octanol–water partition coefficient (Wildman–Crippen LogP) is 3.17. The normalized spacial score (nSPS) is 11.0. The third-order valence-electron chi connectivity index (χ3n) is 3.72. The van der Waals surface area contributed by atoms with E-state index >= 15 is 0 Å². The lowest BCUT2D eigenvalue weighted by Gasteiger charge is -2.02. The number of hydrogen-bond acceptors (Lipinski definition) is 3. The molecule has 0 saturated carbocycles. The number of hydrazone groups is 1. The van der Waals surface area contributed by atoms with Gasteiger partial charge in [0.2, 0.25) is 0 Å². The number of allylic oxidation sites excluding steroid dienone is 1. The SMILES string of the molecule is C=CCn1cc(/C=N/NC(=O)c2ccccc2N)c2ccccc21. The predicted molar refractivity (Wildman–Crippen MR) is 98.0 cm³/mol. The number of anilines is 1. The summed E-state index contributed by atoms with van der Waals surface area (Å²) in [5.74, 6) is -0.334. The van der Waals surface area contributed by atoms with Crippen molar-refractivity contribution < 1.29 is 4.79 Å². The number of carbonyl (C=O) groups is 1. The second-order valence-corrected chi connectivity index (χ2v) is 5.33. The summed E-state index contributed by atoms with van der Waals surface area (Å²) in [7, 11) is 0. The number of nitrogens with two attached hydrogens (primary N) is 1. The Labute approximate surface area is 140 Å². The number of hydrogen-bond donors (Lipinski definition) is 2. The largest absolute Gasteiger partial charge is 0.398 e. The average Bonchev–Trinajstić information content (AvgIpc) is 2.94. The fourth-order valence-electron chi connectivity index (χ4n) is 2.59. The fourth-order valence-corrected chi connectivity index (χ4v) is 2.59. The van der Waals surface area contributed by atoms with Gasteiger partial charge in [0.15, 0.2) is 0 Å². The van der Waals surface area contributed by atoms with Gasteiger partial charge in [-0.1, -0.05) is 36.4 Å². The molecular weight excluding hydrogens is 300 g/mol. The van der Waals surface area contributed by atoms with E-state index in [-0.39, 0.29) is 5.91 Å². The van der Waals surface area contributed by atoms with Crippen LogP contribution < -0.4 is 11.2 Å². The molecule has 0 unspecified atom stereocenters. The average molecular weight is 318 g/mol. The van der Waals surface area contributed by atoms with Gasteiger partial charge in [-0.05, 0) is 18.2 Å². The van der Waals surface area contributed by atoms with Crippen LogP contribution in [0.2, 0.25) is 0 Å². The minimum absolute atomic E-state index is 0.334. The van der Waals surface area contributed by atoms with E-state index in [0.29, 0.717) is 17.8 Å². The van der Waals surface area contributed by atoms with Crippen LogP contribution in [0.5, 0.6) is 0 Å². The summed E-state index contributed by atoms with van der Waals surface area (Å²) in [6.07, 6.45) is 5.46. The number of carbonyl (C=O) groups excluding carboxylic acids is 1. The van der Waals surface area contributed by atoms with Crippen molar-refractivity contribution in [2.45, 2.75) is 6.54 Å². The molecule has 1 heterocycles. The van der Waals surface area contributed by atoms with Gasteiger partial charge in [-0.15, -0.1) is 6.58 Å². The Bertz CT molecular complexity index is 924. The van der Waals surface area contributed by atoms with E-state index in [0.717, 1.165) is 16.5 Å². The van der Waals surface area contributed by atoms with Gasteiger partial charge in [-0.3, -0.25) is 4.79 Å². The molecule has 0 fully saturated rings. The molecule has 5 nitrogen and oxygen atoms in total. The maximum atomic E-state index is 12.1. The van der Waals surface area contributed by atoms with Crippen LogP contribution >= 0.6 is 0 Å². The Morgan fingerprint density at radius 3 is 2.75 bits per heavy atom. The summed E-state index contributed by atoms with van der Waals surface area (Å²) in [5.41, 5.74) is 11.2. The summed E-state index contributed by atoms with van der Waals surface area (Å²) in [6.45, 7) is 4.49. The van der Waals surface area contributed by atoms with Crippen molar-refractivity contribution >= 4 is 28.7 Å². The van der Waals surface area contributed by atoms with Crippen molar-refractivity contribution in [2.75, 3.05) is 5.73 Å². The molecule has 0 bridgehead atoms. The Hall–Kier alpha value is -3.34. The van der Waals surface area contributed by atoms with E-state index in [1.807, 2.05) is 36.5 Å². The highest BCUT2D eigenvalue weighted by molar-refractivity contribution is 6.02. The van der Waals surface area contributed by atoms with E-state index in [1.165, 1.54) is 0 Å². The summed E-state index contributed by atoms with van der Waals surface area (Å²) < 4.78 is 2.08. The van der Waals surface area contributed by atoms with Gasteiger partial charge < -0.3 is 10.3 Å². The molecule has 0 aliphatic carbocycles. The smallest absolute Gasteiger partial charge is 0.273 e. The number of para-hydroxylation sites is 2. The lowest BCUT2D eigenvalue weighted by atomic mass is 10.2. The standard InChI is InChI=1S/C19H18N4O/c1-2-11-23-13-14(15-7-4-6-10-18(15)23)12-21-22-19(24)16-8-3-5-9-17(16)20/h2-10,12-13H,1,11,20H2,(H,22,24)/b21-12+. The Morgan fingerprint density at radius 1 is 1.21 bits per heavy atom. The highest BCUT2D eigenvalue weighted by Gasteiger charge is 2.08. The summed E-state index contributed by atoms with van der Waals surface area (Å²) in [5, 5.41) is 5.13. The van der Waals surface area contributed by atoms with Crippen LogP contribution in [0.25, 0.3) is 10.9 Å². The molecule has 120 valence electrons. The number of nitrogen functional groups attached to an aromatic ring is 1. The summed E-state index contributed by atoms with van der Waals surface area (Å²) >= 11 is 0. The number of amides is 1. The van der Waals surface area contributed by atoms with Crippen molar-refractivity contribution in [1.29, 1.82) is 0 Å². The molecule has 3 rings (SSSR count). The van der Waals surface area contributed by atoms with Crippen LogP contribution in [-0.2, 0) is 6.54 Å². The molecule has 0 spiro atoms. The van der Waals surface area contributed by atoms with Crippen molar-refractivity contribution in [3.63, 3.8) is 0 Å². The molecule has 3 aromatic rings. The number of aromatic nitrogens is 1. The third kappa shape index (κ3) is 3.05. The Morgan fingerprint density at radius 2 is 1.96 bits per heavy atom. The second-order valence-electron chi connectivity index (χ2n) is 5.33. The van der Waals surface area contributed by atoms with Crippen molar-refractivity contribution in [2.24, 2.45) is 5.10 Å². The Balaban J connectivity index is 1.82. The molecule has 0 aliphatic heterocycles. The fraction of sp³-hybridized carbons (Fsp3) is 0.0526. The lowest BCUT2D eigenvalue weighted by Crippen LogP contribution is -2.18. The topological polar surface area (TPSA) is 72.4 Å². The zero-order valence-electron chi connectivity index (χ0n) is 13.1. The zero-order chi connectivity index (χ0) is 16.9. The molecule has 3 N–H and O–H groups in total. The molecule has 1 aromatic heterocycles. The number of fused-ring (bicyclic) bond motifs is 1. The van der Waals surface area contributed by atoms with Crippen LogP contribution in [0.4, 0.5) is 5.69 Å². The van der Waals surface area contributed by atoms with Crippen LogP contribution in [0.1, 0.15) is 15.9 Å². The lowest BCUT2D eigenvalue weighted by molar-refractivity contribution is 0.0956. The molecule has 0 saturated heterocycles. The molecular formula is C19H18N4O. The number of nitrogens with zero attached hydrogens (tertiary/aromatic N) is 2. The van der Waals surface area contributed by atoms with Gasteiger partial charge in [-0.2, -0.15) is 5.10 Å². The van der Waals surface area contributed by atoms with Gasteiger partial charge in [0.05, 0.1) is 11.8 Å². The Kier molecular flexibility index (Phi) is 4.43. The van der Waals surface area contributed by atoms with Crippen molar-refractivity contribution in [1.82, 2.24) is 9.99 Å². The molecule has 1 amide bonds.